The van der Waals surface area contributed by atoms with Crippen LogP contribution in [0.4, 0.5) is 0 Å². The molecule has 1 aromatic carbocycles. The van der Waals surface area contributed by atoms with Crippen LogP contribution in [-0.4, -0.2) is 15.6 Å². The van der Waals surface area contributed by atoms with Crippen molar-refractivity contribution in [3.05, 3.63) is 53.8 Å². The normalized spacial score (nSPS) is 11.6. The third kappa shape index (κ3) is 2.85. The van der Waals surface area contributed by atoms with Crippen LogP contribution in [-0.2, 0) is 13.1 Å². The maximum atomic E-state index is 6.04. The van der Waals surface area contributed by atoms with Gasteiger partial charge >= 0.3 is 0 Å². The Kier molecular flexibility index (Phi) is 3.80. The lowest BCUT2D eigenvalue weighted by Gasteiger charge is -2.09. The smallest absolute Gasteiger partial charge is 0.134 e. The Labute approximate surface area is 124 Å². The van der Waals surface area contributed by atoms with Crippen molar-refractivity contribution in [3.63, 3.8) is 0 Å². The minimum Gasteiger partial charge on any atom is -0.459 e. The summed E-state index contributed by atoms with van der Waals surface area (Å²) >= 11 is 0. The highest BCUT2D eigenvalue weighted by Gasteiger charge is 2.15. The lowest BCUT2D eigenvalue weighted by molar-refractivity contribution is 0.481. The number of imidazole rings is 1. The van der Waals surface area contributed by atoms with E-state index in [9.17, 15) is 0 Å². The summed E-state index contributed by atoms with van der Waals surface area (Å²) in [6.07, 6.45) is 3.85. The molecule has 0 unspecified atom stereocenters. The predicted octanol–water partition coefficient (Wildman–Crippen LogP) is 3.48. The van der Waals surface area contributed by atoms with Crippen LogP contribution in [0.5, 0.6) is 0 Å². The van der Waals surface area contributed by atoms with Gasteiger partial charge in [-0.1, -0.05) is 32.0 Å². The van der Waals surface area contributed by atoms with E-state index in [1.54, 1.807) is 0 Å². The lowest BCUT2D eigenvalue weighted by Crippen LogP contribution is -2.22. The zero-order valence-corrected chi connectivity index (χ0v) is 12.8. The molecule has 110 valence electrons. The van der Waals surface area contributed by atoms with Crippen molar-refractivity contribution in [1.29, 1.82) is 0 Å². The van der Waals surface area contributed by atoms with Crippen LogP contribution in [0.25, 0.3) is 11.0 Å². The van der Waals surface area contributed by atoms with Gasteiger partial charge in [0.25, 0.3) is 0 Å². The van der Waals surface area contributed by atoms with Crippen molar-refractivity contribution in [2.45, 2.75) is 39.9 Å². The topological polar surface area (TPSA) is 43.0 Å². The molecule has 1 N–H and O–H groups in total. The number of fused-ring (bicyclic) bond motifs is 1. The molecule has 3 rings (SSSR count). The average Bonchev–Trinajstić information content (AvgIpc) is 3.02. The summed E-state index contributed by atoms with van der Waals surface area (Å²) in [6.45, 7) is 7.84. The second-order valence-electron chi connectivity index (χ2n) is 5.64. The van der Waals surface area contributed by atoms with Crippen LogP contribution in [0, 0.1) is 6.92 Å². The molecular weight excluding hydrogens is 262 g/mol. The van der Waals surface area contributed by atoms with Crippen molar-refractivity contribution >= 4 is 11.0 Å². The van der Waals surface area contributed by atoms with E-state index in [0.717, 1.165) is 30.3 Å². The molecule has 0 spiro atoms. The summed E-state index contributed by atoms with van der Waals surface area (Å²) in [5, 5.41) is 4.62. The van der Waals surface area contributed by atoms with Gasteiger partial charge in [0.05, 0.1) is 13.1 Å². The summed E-state index contributed by atoms with van der Waals surface area (Å²) < 4.78 is 8.19. The van der Waals surface area contributed by atoms with E-state index in [1.165, 1.54) is 10.9 Å². The van der Waals surface area contributed by atoms with Crippen molar-refractivity contribution in [3.8, 4) is 0 Å². The van der Waals surface area contributed by atoms with Gasteiger partial charge in [0.1, 0.15) is 17.2 Å². The number of nitrogens with one attached hydrogen (secondary N) is 1. The van der Waals surface area contributed by atoms with E-state index >= 15 is 0 Å². The molecule has 0 aliphatic heterocycles. The van der Waals surface area contributed by atoms with Crippen molar-refractivity contribution in [2.24, 2.45) is 0 Å². The molecule has 0 aliphatic carbocycles. The molecule has 4 heteroatoms. The molecule has 0 fully saturated rings. The largest absolute Gasteiger partial charge is 0.459 e. The molecule has 0 atom stereocenters. The quantitative estimate of drug-likeness (QED) is 0.779. The summed E-state index contributed by atoms with van der Waals surface area (Å²) in [6, 6.07) is 8.65. The van der Waals surface area contributed by atoms with E-state index in [0.29, 0.717) is 6.04 Å². The van der Waals surface area contributed by atoms with E-state index in [4.69, 9.17) is 4.42 Å². The van der Waals surface area contributed by atoms with Gasteiger partial charge in [-0.15, -0.1) is 0 Å². The van der Waals surface area contributed by atoms with Crippen molar-refractivity contribution in [2.75, 3.05) is 0 Å². The van der Waals surface area contributed by atoms with Gasteiger partial charge in [0, 0.05) is 29.4 Å². The fourth-order valence-corrected chi connectivity index (χ4v) is 2.50. The molecule has 2 aromatic heterocycles. The summed E-state index contributed by atoms with van der Waals surface area (Å²) in [4.78, 5) is 4.30. The number of nitrogens with zero attached hydrogens (tertiary/aromatic N) is 2. The Hall–Kier alpha value is -2.07. The van der Waals surface area contributed by atoms with Gasteiger partial charge in [0.15, 0.2) is 0 Å². The molecule has 3 aromatic rings. The standard InChI is InChI=1S/C17H21N3O/c1-12(2)19-10-17-15(11-20-9-8-18-13(20)3)14-6-4-5-7-16(14)21-17/h4-9,12,19H,10-11H2,1-3H3. The maximum Gasteiger partial charge on any atom is 0.134 e. The molecule has 0 bridgehead atoms. The number of hydrogen-bond donors (Lipinski definition) is 1. The van der Waals surface area contributed by atoms with Crippen LogP contribution in [0.3, 0.4) is 0 Å². The number of benzene rings is 1. The second kappa shape index (κ2) is 5.74. The van der Waals surface area contributed by atoms with Gasteiger partial charge in [0.2, 0.25) is 0 Å². The minimum atomic E-state index is 0.432. The number of para-hydroxylation sites is 1. The van der Waals surface area contributed by atoms with Crippen LogP contribution in [0.15, 0.2) is 41.1 Å². The first-order valence-corrected chi connectivity index (χ1v) is 7.35. The highest BCUT2D eigenvalue weighted by molar-refractivity contribution is 5.82. The van der Waals surface area contributed by atoms with Crippen LogP contribution < -0.4 is 5.32 Å². The van der Waals surface area contributed by atoms with Gasteiger partial charge in [-0.25, -0.2) is 4.98 Å². The van der Waals surface area contributed by atoms with Gasteiger partial charge in [-0.05, 0) is 13.0 Å². The van der Waals surface area contributed by atoms with Gasteiger partial charge in [-0.3, -0.25) is 0 Å². The Balaban J connectivity index is 2.00. The van der Waals surface area contributed by atoms with Crippen molar-refractivity contribution < 1.29 is 4.42 Å². The first-order chi connectivity index (χ1) is 10.1. The number of furan rings is 1. The fourth-order valence-electron chi connectivity index (χ4n) is 2.50. The fraction of sp³-hybridized carbons (Fsp3) is 0.353. The molecule has 21 heavy (non-hydrogen) atoms. The van der Waals surface area contributed by atoms with Gasteiger partial charge in [-0.2, -0.15) is 0 Å². The Bertz CT molecular complexity index is 739. The van der Waals surface area contributed by atoms with E-state index in [1.807, 2.05) is 31.5 Å². The third-order valence-electron chi connectivity index (χ3n) is 3.70. The van der Waals surface area contributed by atoms with E-state index in [-0.39, 0.29) is 0 Å². The van der Waals surface area contributed by atoms with Crippen LogP contribution in [0.1, 0.15) is 31.0 Å². The van der Waals surface area contributed by atoms with E-state index < -0.39 is 0 Å². The average molecular weight is 283 g/mol. The molecule has 0 amide bonds. The summed E-state index contributed by atoms with van der Waals surface area (Å²) in [7, 11) is 0. The first kappa shape index (κ1) is 13.9. The van der Waals surface area contributed by atoms with Crippen molar-refractivity contribution in [1.82, 2.24) is 14.9 Å². The molecule has 0 saturated carbocycles. The summed E-state index contributed by atoms with van der Waals surface area (Å²) in [5.74, 6) is 2.03. The van der Waals surface area contributed by atoms with E-state index in [2.05, 4.69) is 40.8 Å². The number of hydrogen-bond acceptors (Lipinski definition) is 3. The minimum absolute atomic E-state index is 0.432. The zero-order chi connectivity index (χ0) is 14.8. The number of aromatic nitrogens is 2. The molecule has 2 heterocycles. The Morgan fingerprint density at radius 3 is 2.81 bits per heavy atom. The highest BCUT2D eigenvalue weighted by atomic mass is 16.3. The van der Waals surface area contributed by atoms with Crippen LogP contribution >= 0.6 is 0 Å². The number of rotatable bonds is 5. The molecule has 0 aliphatic rings. The lowest BCUT2D eigenvalue weighted by atomic mass is 10.1. The molecule has 0 saturated heterocycles. The molecule has 0 radical (unpaired) electrons. The monoisotopic (exact) mass is 283 g/mol. The number of aryl methyl sites for hydroxylation is 1. The Morgan fingerprint density at radius 2 is 2.10 bits per heavy atom. The Morgan fingerprint density at radius 1 is 1.29 bits per heavy atom. The zero-order valence-electron chi connectivity index (χ0n) is 12.8. The molecule has 4 nitrogen and oxygen atoms in total. The SMILES string of the molecule is Cc1nccn1Cc1c(CNC(C)C)oc2ccccc12. The highest BCUT2D eigenvalue weighted by Crippen LogP contribution is 2.27. The van der Waals surface area contributed by atoms with Crippen LogP contribution in [0.2, 0.25) is 0 Å². The third-order valence-corrected chi connectivity index (χ3v) is 3.70. The summed E-state index contributed by atoms with van der Waals surface area (Å²) in [5.41, 5.74) is 2.19. The maximum absolute atomic E-state index is 6.04. The second-order valence-corrected chi connectivity index (χ2v) is 5.64. The predicted molar refractivity (Wildman–Crippen MR) is 84.3 cm³/mol. The van der Waals surface area contributed by atoms with Gasteiger partial charge < -0.3 is 14.3 Å². The first-order valence-electron chi connectivity index (χ1n) is 7.35. The molecular formula is C17H21N3O.